The van der Waals surface area contributed by atoms with Gasteiger partial charge in [0.1, 0.15) is 5.82 Å². The maximum Gasteiger partial charge on any atom is 0.417 e. The Balaban J connectivity index is 1.90. The Hall–Kier alpha value is -3.45. The average Bonchev–Trinajstić information content (AvgIpc) is 3.15. The van der Waals surface area contributed by atoms with E-state index in [0.717, 1.165) is 23.4 Å². The largest absolute Gasteiger partial charge is 0.417 e. The van der Waals surface area contributed by atoms with E-state index in [1.165, 1.54) is 0 Å². The highest BCUT2D eigenvalue weighted by atomic mass is 35.5. The SMILES string of the molecule is C=Cc1c(-c2nc3ncc(C(F)(F)F)cc3[nH]2)ccc(-c2ncccc2Cl)c1C=C. The van der Waals surface area contributed by atoms with Gasteiger partial charge in [0.15, 0.2) is 5.65 Å². The molecule has 0 aliphatic carbocycles. The highest BCUT2D eigenvalue weighted by Gasteiger charge is 2.31. The monoisotopic (exact) mass is 426 g/mol. The fraction of sp³-hybridized carbons (Fsp3) is 0.0455. The van der Waals surface area contributed by atoms with Crippen LogP contribution in [-0.2, 0) is 6.18 Å². The Kier molecular flexibility index (Phi) is 4.91. The maximum atomic E-state index is 13.0. The number of imidazole rings is 1. The van der Waals surface area contributed by atoms with Crippen molar-refractivity contribution in [3.63, 3.8) is 0 Å². The molecule has 0 fully saturated rings. The molecule has 0 unspecified atom stereocenters. The lowest BCUT2D eigenvalue weighted by atomic mass is 9.93. The van der Waals surface area contributed by atoms with E-state index >= 15 is 0 Å². The number of aromatic nitrogens is 4. The van der Waals surface area contributed by atoms with Crippen LogP contribution in [0.4, 0.5) is 13.2 Å². The van der Waals surface area contributed by atoms with Crippen LogP contribution in [0.3, 0.4) is 0 Å². The summed E-state index contributed by atoms with van der Waals surface area (Å²) in [6.45, 7) is 7.76. The van der Waals surface area contributed by atoms with E-state index in [4.69, 9.17) is 11.6 Å². The molecule has 0 spiro atoms. The van der Waals surface area contributed by atoms with Gasteiger partial charge < -0.3 is 4.98 Å². The third kappa shape index (κ3) is 3.37. The molecule has 0 amide bonds. The second-order valence-corrected chi connectivity index (χ2v) is 6.82. The van der Waals surface area contributed by atoms with E-state index in [0.29, 0.717) is 27.7 Å². The van der Waals surface area contributed by atoms with E-state index in [2.05, 4.69) is 33.1 Å². The van der Waals surface area contributed by atoms with Crippen molar-refractivity contribution in [3.8, 4) is 22.6 Å². The molecular formula is C22H14ClF3N4. The number of fused-ring (bicyclic) bond motifs is 1. The first-order valence-corrected chi connectivity index (χ1v) is 9.17. The first kappa shape index (κ1) is 19.8. The van der Waals surface area contributed by atoms with Gasteiger partial charge in [0.25, 0.3) is 0 Å². The molecule has 150 valence electrons. The van der Waals surface area contributed by atoms with Crippen LogP contribution in [0.15, 0.2) is 55.9 Å². The molecule has 1 aromatic carbocycles. The van der Waals surface area contributed by atoms with E-state index in [9.17, 15) is 13.2 Å². The van der Waals surface area contributed by atoms with Crippen molar-refractivity contribution in [3.05, 3.63) is 77.6 Å². The fourth-order valence-corrected chi connectivity index (χ4v) is 3.48. The van der Waals surface area contributed by atoms with Gasteiger partial charge in [-0.15, -0.1) is 0 Å². The van der Waals surface area contributed by atoms with Crippen molar-refractivity contribution in [2.75, 3.05) is 0 Å². The van der Waals surface area contributed by atoms with Gasteiger partial charge in [0, 0.05) is 23.5 Å². The molecule has 4 nitrogen and oxygen atoms in total. The maximum absolute atomic E-state index is 13.0. The second kappa shape index (κ2) is 7.42. The summed E-state index contributed by atoms with van der Waals surface area (Å²) in [6, 6.07) is 8.06. The van der Waals surface area contributed by atoms with E-state index in [1.54, 1.807) is 36.5 Å². The molecule has 0 atom stereocenters. The summed E-state index contributed by atoms with van der Waals surface area (Å²) in [4.78, 5) is 15.5. The summed E-state index contributed by atoms with van der Waals surface area (Å²) in [5, 5.41) is 0.482. The number of nitrogens with one attached hydrogen (secondary N) is 1. The molecule has 0 bridgehead atoms. The van der Waals surface area contributed by atoms with Crippen LogP contribution in [0, 0.1) is 0 Å². The lowest BCUT2D eigenvalue weighted by Gasteiger charge is -2.13. The van der Waals surface area contributed by atoms with Crippen LogP contribution in [0.25, 0.3) is 46.0 Å². The van der Waals surface area contributed by atoms with Gasteiger partial charge in [-0.25, -0.2) is 9.97 Å². The van der Waals surface area contributed by atoms with Gasteiger partial charge in [-0.3, -0.25) is 4.98 Å². The number of alkyl halides is 3. The van der Waals surface area contributed by atoms with Crippen molar-refractivity contribution < 1.29 is 13.2 Å². The summed E-state index contributed by atoms with van der Waals surface area (Å²) in [7, 11) is 0. The minimum Gasteiger partial charge on any atom is -0.337 e. The molecule has 1 N–H and O–H groups in total. The predicted molar refractivity (Wildman–Crippen MR) is 113 cm³/mol. The second-order valence-electron chi connectivity index (χ2n) is 6.41. The minimum atomic E-state index is -4.49. The molecule has 0 radical (unpaired) electrons. The fourth-order valence-electron chi connectivity index (χ4n) is 3.26. The molecule has 0 aliphatic rings. The Morgan fingerprint density at radius 3 is 2.37 bits per heavy atom. The van der Waals surface area contributed by atoms with Crippen molar-refractivity contribution in [1.82, 2.24) is 19.9 Å². The first-order valence-electron chi connectivity index (χ1n) is 8.79. The van der Waals surface area contributed by atoms with Crippen molar-refractivity contribution in [2.45, 2.75) is 6.18 Å². The molecule has 30 heavy (non-hydrogen) atoms. The quantitative estimate of drug-likeness (QED) is 0.397. The zero-order valence-corrected chi connectivity index (χ0v) is 16.2. The van der Waals surface area contributed by atoms with Gasteiger partial charge in [-0.05, 0) is 35.4 Å². The van der Waals surface area contributed by atoms with Gasteiger partial charge in [0.05, 0.1) is 21.8 Å². The normalized spacial score (nSPS) is 11.6. The Morgan fingerprint density at radius 2 is 1.70 bits per heavy atom. The highest BCUT2D eigenvalue weighted by Crippen LogP contribution is 2.37. The zero-order chi connectivity index (χ0) is 21.5. The summed E-state index contributed by atoms with van der Waals surface area (Å²) >= 11 is 6.30. The van der Waals surface area contributed by atoms with Gasteiger partial charge in [0.2, 0.25) is 0 Å². The number of hydrogen-bond donors (Lipinski definition) is 1. The Bertz CT molecular complexity index is 1290. The van der Waals surface area contributed by atoms with Crippen LogP contribution in [-0.4, -0.2) is 19.9 Å². The van der Waals surface area contributed by atoms with Crippen LogP contribution in [0.5, 0.6) is 0 Å². The van der Waals surface area contributed by atoms with Gasteiger partial charge in [-0.2, -0.15) is 13.2 Å². The third-order valence-corrected chi connectivity index (χ3v) is 4.93. The molecule has 0 saturated heterocycles. The number of hydrogen-bond acceptors (Lipinski definition) is 3. The molecule has 0 aliphatic heterocycles. The van der Waals surface area contributed by atoms with Crippen molar-refractivity contribution >= 4 is 34.9 Å². The zero-order valence-electron chi connectivity index (χ0n) is 15.5. The number of halogens is 4. The number of aromatic amines is 1. The number of benzene rings is 1. The van der Waals surface area contributed by atoms with Crippen molar-refractivity contribution in [1.29, 1.82) is 0 Å². The smallest absolute Gasteiger partial charge is 0.337 e. The molecule has 0 saturated carbocycles. The lowest BCUT2D eigenvalue weighted by Crippen LogP contribution is -2.05. The predicted octanol–water partition coefficient (Wildman–Crippen LogP) is 6.65. The standard InChI is InChI=1S/C22H14ClF3N4/c1-3-13-14(4-2)16(8-7-15(13)19-17(23)6-5-9-27-19)20-29-18-10-12(22(24,25)26)11-28-21(18)30-20/h3-11H,1-2H2,(H,28,29,30). The summed E-state index contributed by atoms with van der Waals surface area (Å²) in [5.41, 5.74) is 2.93. The molecule has 8 heteroatoms. The van der Waals surface area contributed by atoms with E-state index in [1.807, 2.05) is 6.07 Å². The minimum absolute atomic E-state index is 0.185. The number of nitrogens with zero attached hydrogens (tertiary/aromatic N) is 3. The van der Waals surface area contributed by atoms with Crippen LogP contribution >= 0.6 is 11.6 Å². The van der Waals surface area contributed by atoms with Gasteiger partial charge >= 0.3 is 6.18 Å². The third-order valence-electron chi connectivity index (χ3n) is 4.63. The molecule has 4 aromatic rings. The highest BCUT2D eigenvalue weighted by molar-refractivity contribution is 6.33. The van der Waals surface area contributed by atoms with Crippen LogP contribution in [0.2, 0.25) is 5.02 Å². The summed E-state index contributed by atoms with van der Waals surface area (Å²) in [5.74, 6) is 0.369. The first-order chi connectivity index (χ1) is 14.3. The molecular weight excluding hydrogens is 413 g/mol. The molecule has 4 rings (SSSR count). The summed E-state index contributed by atoms with van der Waals surface area (Å²) in [6.07, 6.45) is 1.21. The van der Waals surface area contributed by atoms with Crippen LogP contribution < -0.4 is 0 Å². The van der Waals surface area contributed by atoms with Crippen molar-refractivity contribution in [2.24, 2.45) is 0 Å². The van der Waals surface area contributed by atoms with E-state index < -0.39 is 11.7 Å². The topological polar surface area (TPSA) is 54.5 Å². The number of pyridine rings is 2. The number of rotatable bonds is 4. The van der Waals surface area contributed by atoms with E-state index in [-0.39, 0.29) is 11.2 Å². The number of H-pyrrole nitrogens is 1. The average molecular weight is 427 g/mol. The lowest BCUT2D eigenvalue weighted by molar-refractivity contribution is -0.137. The summed E-state index contributed by atoms with van der Waals surface area (Å²) < 4.78 is 39.0. The molecule has 3 aromatic heterocycles. The Morgan fingerprint density at radius 1 is 1.00 bits per heavy atom. The van der Waals surface area contributed by atoms with Gasteiger partial charge in [-0.1, -0.05) is 43.0 Å². The Labute approximate surface area is 174 Å². The molecule has 3 heterocycles. The van der Waals surface area contributed by atoms with Crippen LogP contribution in [0.1, 0.15) is 16.7 Å².